The van der Waals surface area contributed by atoms with Crippen LogP contribution in [0.2, 0.25) is 0 Å². The SMILES string of the molecule is CCC(C(=O)N=C=O)=C(SC)SC. The molecule has 0 spiro atoms. The Labute approximate surface area is 86.1 Å². The monoisotopic (exact) mass is 217 g/mol. The lowest BCUT2D eigenvalue weighted by atomic mass is 10.2. The van der Waals surface area contributed by atoms with E-state index in [2.05, 4.69) is 4.99 Å². The summed E-state index contributed by atoms with van der Waals surface area (Å²) in [6.45, 7) is 1.86. The van der Waals surface area contributed by atoms with Crippen molar-refractivity contribution in [3.05, 3.63) is 9.81 Å². The van der Waals surface area contributed by atoms with Gasteiger partial charge in [-0.3, -0.25) is 4.79 Å². The average Bonchev–Trinajstić information content (AvgIpc) is 2.14. The van der Waals surface area contributed by atoms with Crippen molar-refractivity contribution in [1.29, 1.82) is 0 Å². The van der Waals surface area contributed by atoms with E-state index in [4.69, 9.17) is 0 Å². The molecule has 0 atom stereocenters. The van der Waals surface area contributed by atoms with Crippen LogP contribution in [0, 0.1) is 0 Å². The molecule has 3 nitrogen and oxygen atoms in total. The number of hydrogen-bond acceptors (Lipinski definition) is 4. The summed E-state index contributed by atoms with van der Waals surface area (Å²) in [6, 6.07) is 0. The molecule has 5 heteroatoms. The Morgan fingerprint density at radius 1 is 1.38 bits per heavy atom. The third-order valence-corrected chi connectivity index (χ3v) is 3.61. The number of aliphatic imine (C=N–C) groups is 1. The van der Waals surface area contributed by atoms with Crippen LogP contribution in [0.1, 0.15) is 13.3 Å². The summed E-state index contributed by atoms with van der Waals surface area (Å²) in [5.74, 6) is -0.476. The second kappa shape index (κ2) is 6.95. The van der Waals surface area contributed by atoms with Crippen LogP contribution in [-0.2, 0) is 9.59 Å². The zero-order chi connectivity index (χ0) is 10.3. The molecule has 72 valence electrons. The van der Waals surface area contributed by atoms with Crippen molar-refractivity contribution >= 4 is 35.5 Å². The molecular weight excluding hydrogens is 206 g/mol. The molecule has 0 aliphatic rings. The molecule has 0 heterocycles. The predicted molar refractivity (Wildman–Crippen MR) is 57.5 cm³/mol. The fourth-order valence-electron chi connectivity index (χ4n) is 0.822. The smallest absolute Gasteiger partial charge is 0.266 e. The molecule has 0 radical (unpaired) electrons. The van der Waals surface area contributed by atoms with E-state index in [0.29, 0.717) is 12.0 Å². The maximum atomic E-state index is 11.2. The normalized spacial score (nSPS) is 8.85. The van der Waals surface area contributed by atoms with Gasteiger partial charge in [0.2, 0.25) is 6.08 Å². The molecule has 0 N–H and O–H groups in total. The van der Waals surface area contributed by atoms with Crippen molar-refractivity contribution in [2.45, 2.75) is 13.3 Å². The number of nitrogens with zero attached hydrogens (tertiary/aromatic N) is 1. The van der Waals surface area contributed by atoms with E-state index in [1.807, 2.05) is 19.4 Å². The van der Waals surface area contributed by atoms with Gasteiger partial charge in [0.1, 0.15) is 0 Å². The summed E-state index contributed by atoms with van der Waals surface area (Å²) in [5, 5.41) is 0. The van der Waals surface area contributed by atoms with Gasteiger partial charge in [-0.2, -0.15) is 0 Å². The van der Waals surface area contributed by atoms with Gasteiger partial charge in [0, 0.05) is 9.81 Å². The van der Waals surface area contributed by atoms with Crippen molar-refractivity contribution in [3.63, 3.8) is 0 Å². The maximum Gasteiger partial charge on any atom is 0.285 e. The summed E-state index contributed by atoms with van der Waals surface area (Å²) in [5.41, 5.74) is 0.586. The lowest BCUT2D eigenvalue weighted by molar-refractivity contribution is -0.114. The fourth-order valence-corrected chi connectivity index (χ4v) is 2.44. The zero-order valence-corrected chi connectivity index (χ0v) is 9.42. The largest absolute Gasteiger partial charge is 0.285 e. The highest BCUT2D eigenvalue weighted by Crippen LogP contribution is 2.29. The Balaban J connectivity index is 4.94. The minimum Gasteiger partial charge on any atom is -0.266 e. The number of rotatable bonds is 4. The highest BCUT2D eigenvalue weighted by Gasteiger charge is 2.11. The number of isocyanates is 1. The van der Waals surface area contributed by atoms with E-state index in [0.717, 1.165) is 4.24 Å². The molecule has 0 aromatic carbocycles. The second-order valence-electron chi connectivity index (χ2n) is 2.04. The van der Waals surface area contributed by atoms with Gasteiger partial charge in [0.05, 0.1) is 0 Å². The van der Waals surface area contributed by atoms with Crippen LogP contribution in [0.25, 0.3) is 0 Å². The van der Waals surface area contributed by atoms with Crippen molar-refractivity contribution in [2.75, 3.05) is 12.5 Å². The summed E-state index contributed by atoms with van der Waals surface area (Å²) in [6.07, 6.45) is 5.62. The fraction of sp³-hybridized carbons (Fsp3) is 0.500. The highest BCUT2D eigenvalue weighted by atomic mass is 32.2. The van der Waals surface area contributed by atoms with E-state index < -0.39 is 5.91 Å². The van der Waals surface area contributed by atoms with Crippen LogP contribution in [0.4, 0.5) is 0 Å². The van der Waals surface area contributed by atoms with E-state index in [9.17, 15) is 9.59 Å². The molecule has 0 bridgehead atoms. The number of hydrogen-bond donors (Lipinski definition) is 0. The molecule has 0 saturated heterocycles. The minimum atomic E-state index is -0.476. The average molecular weight is 217 g/mol. The molecule has 0 rings (SSSR count). The van der Waals surface area contributed by atoms with Gasteiger partial charge in [-0.15, -0.1) is 28.5 Å². The Morgan fingerprint density at radius 2 is 1.92 bits per heavy atom. The molecule has 1 amide bonds. The Morgan fingerprint density at radius 3 is 2.23 bits per heavy atom. The van der Waals surface area contributed by atoms with Gasteiger partial charge in [-0.05, 0) is 18.9 Å². The van der Waals surface area contributed by atoms with Gasteiger partial charge in [-0.1, -0.05) is 6.92 Å². The third-order valence-electron chi connectivity index (χ3n) is 1.38. The number of thioether (sulfide) groups is 2. The van der Waals surface area contributed by atoms with Crippen LogP contribution in [-0.4, -0.2) is 24.5 Å². The number of carbonyl (C=O) groups excluding carboxylic acids is 2. The van der Waals surface area contributed by atoms with Gasteiger partial charge in [0.15, 0.2) is 0 Å². The number of amides is 1. The molecule has 0 aliphatic heterocycles. The maximum absolute atomic E-state index is 11.2. The summed E-state index contributed by atoms with van der Waals surface area (Å²) < 4.78 is 0.909. The Kier molecular flexibility index (Phi) is 6.68. The molecule has 0 aliphatic carbocycles. The van der Waals surface area contributed by atoms with Crippen LogP contribution in [0.3, 0.4) is 0 Å². The molecule has 0 aromatic heterocycles. The van der Waals surface area contributed by atoms with Gasteiger partial charge >= 0.3 is 0 Å². The first-order valence-electron chi connectivity index (χ1n) is 3.64. The van der Waals surface area contributed by atoms with Gasteiger partial charge < -0.3 is 0 Å². The quantitative estimate of drug-likeness (QED) is 0.411. The van der Waals surface area contributed by atoms with Crippen molar-refractivity contribution in [2.24, 2.45) is 4.99 Å². The molecule has 0 saturated carbocycles. The lowest BCUT2D eigenvalue weighted by Crippen LogP contribution is -1.99. The van der Waals surface area contributed by atoms with Gasteiger partial charge in [0.25, 0.3) is 5.91 Å². The topological polar surface area (TPSA) is 46.5 Å². The second-order valence-corrected chi connectivity index (χ2v) is 3.93. The summed E-state index contributed by atoms with van der Waals surface area (Å²) >= 11 is 2.98. The van der Waals surface area contributed by atoms with Crippen LogP contribution >= 0.6 is 23.5 Å². The molecule has 0 unspecified atom stereocenters. The van der Waals surface area contributed by atoms with Crippen molar-refractivity contribution < 1.29 is 9.59 Å². The first-order chi connectivity index (χ1) is 6.21. The Hall–Kier alpha value is -0.510. The van der Waals surface area contributed by atoms with Crippen LogP contribution < -0.4 is 0 Å². The third kappa shape index (κ3) is 3.81. The predicted octanol–water partition coefficient (Wildman–Crippen LogP) is 2.20. The van der Waals surface area contributed by atoms with Crippen LogP contribution in [0.15, 0.2) is 14.8 Å². The van der Waals surface area contributed by atoms with Crippen molar-refractivity contribution in [3.8, 4) is 0 Å². The van der Waals surface area contributed by atoms with Gasteiger partial charge in [-0.25, -0.2) is 4.79 Å². The van der Waals surface area contributed by atoms with E-state index >= 15 is 0 Å². The van der Waals surface area contributed by atoms with Crippen LogP contribution in [0.5, 0.6) is 0 Å². The molecule has 0 aromatic rings. The lowest BCUT2D eigenvalue weighted by Gasteiger charge is -2.04. The standard InChI is InChI=1S/C8H11NO2S2/c1-4-6(7(11)9-5-10)8(12-2)13-3/h4H2,1-3H3. The first kappa shape index (κ1) is 12.5. The molecular formula is C8H11NO2S2. The number of carbonyl (C=O) groups is 1. The summed E-state index contributed by atoms with van der Waals surface area (Å²) in [7, 11) is 0. The summed E-state index contributed by atoms with van der Waals surface area (Å²) in [4.78, 5) is 24.2. The Bertz CT molecular complexity index is 261. The molecule has 0 fully saturated rings. The highest BCUT2D eigenvalue weighted by molar-refractivity contribution is 8.21. The first-order valence-corrected chi connectivity index (χ1v) is 6.09. The van der Waals surface area contributed by atoms with Crippen molar-refractivity contribution in [1.82, 2.24) is 0 Å². The van der Waals surface area contributed by atoms with E-state index in [1.54, 1.807) is 0 Å². The van der Waals surface area contributed by atoms with E-state index in [-0.39, 0.29) is 0 Å². The minimum absolute atomic E-state index is 0.476. The van der Waals surface area contributed by atoms with E-state index in [1.165, 1.54) is 29.6 Å². The zero-order valence-electron chi connectivity index (χ0n) is 7.79. The molecule has 13 heavy (non-hydrogen) atoms.